The number of ether oxygens (including phenoxy) is 1. The molecule has 6 nitrogen and oxygen atoms in total. The molecule has 1 N–H and O–H groups in total. The summed E-state index contributed by atoms with van der Waals surface area (Å²) in [5, 5.41) is 7.23. The highest BCUT2D eigenvalue weighted by atomic mass is 35.5. The molecule has 0 bridgehead atoms. The normalized spacial score (nSPS) is 10.5. The first-order valence-corrected chi connectivity index (χ1v) is 7.76. The molecule has 1 amide bonds. The third-order valence-electron chi connectivity index (χ3n) is 2.70. The Labute approximate surface area is 138 Å². The van der Waals surface area contributed by atoms with Crippen molar-refractivity contribution in [3.63, 3.8) is 0 Å². The minimum Gasteiger partial charge on any atom is -0.484 e. The predicted octanol–water partition coefficient (Wildman–Crippen LogP) is 2.28. The topological polar surface area (TPSA) is 77.2 Å². The number of carbonyl (C=O) groups excluding carboxylic acids is 1. The second kappa shape index (κ2) is 8.65. The molecule has 0 spiro atoms. The highest BCUT2D eigenvalue weighted by Crippen LogP contribution is 2.16. The number of benzene rings is 1. The fraction of sp³-hybridized carbons (Fsp3) is 0.357. The van der Waals surface area contributed by atoms with Crippen molar-refractivity contribution in [2.45, 2.75) is 19.4 Å². The SMILES string of the molecule is O=C(CCS)NCCc1noc(COc2ccc(Cl)cc2)n1. The van der Waals surface area contributed by atoms with Gasteiger partial charge in [-0.25, -0.2) is 0 Å². The molecule has 0 saturated carbocycles. The van der Waals surface area contributed by atoms with Crippen LogP contribution in [-0.4, -0.2) is 28.3 Å². The monoisotopic (exact) mass is 341 g/mol. The van der Waals surface area contributed by atoms with E-state index in [1.807, 2.05) is 0 Å². The van der Waals surface area contributed by atoms with Gasteiger partial charge in [0, 0.05) is 24.4 Å². The molecular formula is C14H16ClN3O3S. The molecular weight excluding hydrogens is 326 g/mol. The van der Waals surface area contributed by atoms with Crippen LogP contribution < -0.4 is 10.1 Å². The van der Waals surface area contributed by atoms with Crippen LogP contribution in [0.4, 0.5) is 0 Å². The zero-order valence-corrected chi connectivity index (χ0v) is 13.4. The first kappa shape index (κ1) is 16.6. The maximum Gasteiger partial charge on any atom is 0.264 e. The number of carbonyl (C=O) groups is 1. The van der Waals surface area contributed by atoms with Gasteiger partial charge in [0.05, 0.1) is 0 Å². The van der Waals surface area contributed by atoms with Gasteiger partial charge in [0.1, 0.15) is 5.75 Å². The summed E-state index contributed by atoms with van der Waals surface area (Å²) < 4.78 is 10.6. The van der Waals surface area contributed by atoms with Gasteiger partial charge in [-0.2, -0.15) is 17.6 Å². The molecule has 1 aromatic carbocycles. The second-order valence-electron chi connectivity index (χ2n) is 4.42. The summed E-state index contributed by atoms with van der Waals surface area (Å²) in [6.07, 6.45) is 0.901. The minimum atomic E-state index is -0.0372. The van der Waals surface area contributed by atoms with Gasteiger partial charge in [0.2, 0.25) is 5.91 Å². The van der Waals surface area contributed by atoms with Gasteiger partial charge in [-0.1, -0.05) is 16.8 Å². The van der Waals surface area contributed by atoms with Gasteiger partial charge < -0.3 is 14.6 Å². The Morgan fingerprint density at radius 3 is 2.86 bits per heavy atom. The standard InChI is InChI=1S/C14H16ClN3O3S/c15-10-1-3-11(4-2-10)20-9-14-17-12(18-21-14)5-7-16-13(19)6-8-22/h1-4,22H,5-9H2,(H,16,19). The molecule has 0 unspecified atom stereocenters. The van der Waals surface area contributed by atoms with Gasteiger partial charge >= 0.3 is 0 Å². The smallest absolute Gasteiger partial charge is 0.264 e. The lowest BCUT2D eigenvalue weighted by Gasteiger charge is -2.02. The Morgan fingerprint density at radius 1 is 1.36 bits per heavy atom. The molecule has 0 fully saturated rings. The average molecular weight is 342 g/mol. The molecule has 0 radical (unpaired) electrons. The number of hydrogen-bond acceptors (Lipinski definition) is 6. The van der Waals surface area contributed by atoms with Crippen LogP contribution in [0.25, 0.3) is 0 Å². The fourth-order valence-corrected chi connectivity index (χ4v) is 1.96. The summed E-state index contributed by atoms with van der Waals surface area (Å²) in [6.45, 7) is 0.643. The van der Waals surface area contributed by atoms with Gasteiger partial charge in [0.25, 0.3) is 5.89 Å². The number of hydrogen-bond donors (Lipinski definition) is 2. The summed E-state index contributed by atoms with van der Waals surface area (Å²) in [5.41, 5.74) is 0. The number of aromatic nitrogens is 2. The molecule has 118 valence electrons. The summed E-state index contributed by atoms with van der Waals surface area (Å²) in [4.78, 5) is 15.5. The summed E-state index contributed by atoms with van der Waals surface area (Å²) in [6, 6.07) is 7.00. The van der Waals surface area contributed by atoms with Crippen molar-refractivity contribution < 1.29 is 14.1 Å². The number of rotatable bonds is 8. The molecule has 0 aliphatic rings. The quantitative estimate of drug-likeness (QED) is 0.720. The van der Waals surface area contributed by atoms with E-state index in [2.05, 4.69) is 28.1 Å². The van der Waals surface area contributed by atoms with Crippen molar-refractivity contribution in [2.24, 2.45) is 0 Å². The Balaban J connectivity index is 1.74. The van der Waals surface area contributed by atoms with Crippen molar-refractivity contribution in [1.29, 1.82) is 0 Å². The third-order valence-corrected chi connectivity index (χ3v) is 3.17. The molecule has 0 saturated heterocycles. The van der Waals surface area contributed by atoms with Crippen LogP contribution >= 0.6 is 24.2 Å². The molecule has 0 atom stereocenters. The van der Waals surface area contributed by atoms with Crippen LogP contribution in [0.5, 0.6) is 5.75 Å². The van der Waals surface area contributed by atoms with E-state index >= 15 is 0 Å². The number of nitrogens with one attached hydrogen (secondary N) is 1. The van der Waals surface area contributed by atoms with E-state index in [1.54, 1.807) is 24.3 Å². The van der Waals surface area contributed by atoms with Crippen LogP contribution in [0.3, 0.4) is 0 Å². The van der Waals surface area contributed by atoms with Gasteiger partial charge in [-0.05, 0) is 30.0 Å². The van der Waals surface area contributed by atoms with Gasteiger partial charge in [-0.15, -0.1) is 0 Å². The number of nitrogens with zero attached hydrogens (tertiary/aromatic N) is 2. The van der Waals surface area contributed by atoms with Crippen LogP contribution in [0.2, 0.25) is 5.02 Å². The number of halogens is 1. The van der Waals surface area contributed by atoms with Crippen molar-refractivity contribution in [2.75, 3.05) is 12.3 Å². The average Bonchev–Trinajstić information content (AvgIpc) is 2.95. The molecule has 1 heterocycles. The van der Waals surface area contributed by atoms with Crippen molar-refractivity contribution in [3.05, 3.63) is 41.0 Å². The lowest BCUT2D eigenvalue weighted by atomic mass is 10.3. The van der Waals surface area contributed by atoms with Crippen LogP contribution in [-0.2, 0) is 17.8 Å². The maximum atomic E-state index is 11.3. The Morgan fingerprint density at radius 2 is 2.14 bits per heavy atom. The lowest BCUT2D eigenvalue weighted by molar-refractivity contribution is -0.120. The minimum absolute atomic E-state index is 0.0372. The summed E-state index contributed by atoms with van der Waals surface area (Å²) >= 11 is 9.78. The van der Waals surface area contributed by atoms with Crippen molar-refractivity contribution in [1.82, 2.24) is 15.5 Å². The fourth-order valence-electron chi connectivity index (χ4n) is 1.63. The van der Waals surface area contributed by atoms with E-state index in [-0.39, 0.29) is 12.5 Å². The van der Waals surface area contributed by atoms with E-state index in [0.717, 1.165) is 0 Å². The van der Waals surface area contributed by atoms with E-state index in [4.69, 9.17) is 20.9 Å². The predicted molar refractivity (Wildman–Crippen MR) is 85.3 cm³/mol. The first-order valence-electron chi connectivity index (χ1n) is 6.75. The summed E-state index contributed by atoms with van der Waals surface area (Å²) in [5.74, 6) is 2.07. The van der Waals surface area contributed by atoms with Gasteiger partial charge in [0.15, 0.2) is 12.4 Å². The van der Waals surface area contributed by atoms with Crippen LogP contribution in [0.1, 0.15) is 18.1 Å². The largest absolute Gasteiger partial charge is 0.484 e. The molecule has 2 aromatic rings. The molecule has 1 aromatic heterocycles. The molecule has 0 aliphatic heterocycles. The zero-order valence-electron chi connectivity index (χ0n) is 11.8. The van der Waals surface area contributed by atoms with Crippen molar-refractivity contribution >= 4 is 30.1 Å². The Kier molecular flexibility index (Phi) is 6.54. The highest BCUT2D eigenvalue weighted by molar-refractivity contribution is 7.80. The summed E-state index contributed by atoms with van der Waals surface area (Å²) in [7, 11) is 0. The molecule has 8 heteroatoms. The Hall–Kier alpha value is -1.73. The maximum absolute atomic E-state index is 11.3. The van der Waals surface area contributed by atoms with E-state index in [0.29, 0.717) is 47.6 Å². The Bertz CT molecular complexity index is 604. The molecule has 0 aliphatic carbocycles. The number of thiol groups is 1. The van der Waals surface area contributed by atoms with Crippen molar-refractivity contribution in [3.8, 4) is 5.75 Å². The van der Waals surface area contributed by atoms with Crippen LogP contribution in [0, 0.1) is 0 Å². The zero-order chi connectivity index (χ0) is 15.8. The lowest BCUT2D eigenvalue weighted by Crippen LogP contribution is -2.25. The van der Waals surface area contributed by atoms with Gasteiger partial charge in [-0.3, -0.25) is 4.79 Å². The van der Waals surface area contributed by atoms with E-state index < -0.39 is 0 Å². The van der Waals surface area contributed by atoms with Crippen LogP contribution in [0.15, 0.2) is 28.8 Å². The highest BCUT2D eigenvalue weighted by Gasteiger charge is 2.08. The second-order valence-corrected chi connectivity index (χ2v) is 5.30. The van der Waals surface area contributed by atoms with E-state index in [1.165, 1.54) is 0 Å². The number of amides is 1. The molecule has 2 rings (SSSR count). The third kappa shape index (κ3) is 5.57. The molecule has 22 heavy (non-hydrogen) atoms. The van der Waals surface area contributed by atoms with E-state index in [9.17, 15) is 4.79 Å². The first-order chi connectivity index (χ1) is 10.7.